The normalized spacial score (nSPS) is 17.7. The SMILES string of the molecule is CCCNC(c1cnccc1N)C1CC1. The number of nitrogens with two attached hydrogens (primary N) is 1. The van der Waals surface area contributed by atoms with Gasteiger partial charge in [0.05, 0.1) is 0 Å². The van der Waals surface area contributed by atoms with Gasteiger partial charge in [-0.1, -0.05) is 6.92 Å². The summed E-state index contributed by atoms with van der Waals surface area (Å²) < 4.78 is 0. The molecule has 0 saturated heterocycles. The molecule has 0 aliphatic heterocycles. The average Bonchev–Trinajstić information content (AvgIpc) is 3.05. The molecule has 3 nitrogen and oxygen atoms in total. The topological polar surface area (TPSA) is 50.9 Å². The summed E-state index contributed by atoms with van der Waals surface area (Å²) in [4.78, 5) is 4.16. The Morgan fingerprint density at radius 3 is 3.00 bits per heavy atom. The molecule has 3 heteroatoms. The van der Waals surface area contributed by atoms with Crippen LogP contribution in [-0.4, -0.2) is 11.5 Å². The summed E-state index contributed by atoms with van der Waals surface area (Å²) in [5.41, 5.74) is 8.02. The minimum absolute atomic E-state index is 0.415. The third-order valence-corrected chi connectivity index (χ3v) is 2.93. The number of anilines is 1. The molecule has 1 aromatic rings. The van der Waals surface area contributed by atoms with Crippen molar-refractivity contribution in [3.8, 4) is 0 Å². The van der Waals surface area contributed by atoms with E-state index in [0.29, 0.717) is 6.04 Å². The molecule has 1 saturated carbocycles. The van der Waals surface area contributed by atoms with E-state index in [9.17, 15) is 0 Å². The van der Waals surface area contributed by atoms with Crippen molar-refractivity contribution in [1.29, 1.82) is 0 Å². The molecule has 3 N–H and O–H groups in total. The zero-order valence-electron chi connectivity index (χ0n) is 9.24. The Labute approximate surface area is 91.1 Å². The fourth-order valence-corrected chi connectivity index (χ4v) is 1.94. The third-order valence-electron chi connectivity index (χ3n) is 2.93. The summed E-state index contributed by atoms with van der Waals surface area (Å²) >= 11 is 0. The van der Waals surface area contributed by atoms with Crippen LogP contribution in [0.15, 0.2) is 18.5 Å². The number of pyridine rings is 1. The Morgan fingerprint density at radius 2 is 2.40 bits per heavy atom. The number of rotatable bonds is 5. The monoisotopic (exact) mass is 205 g/mol. The number of hydrogen-bond donors (Lipinski definition) is 2. The largest absolute Gasteiger partial charge is 0.398 e. The predicted molar refractivity (Wildman–Crippen MR) is 62.4 cm³/mol. The second kappa shape index (κ2) is 4.62. The van der Waals surface area contributed by atoms with Crippen molar-refractivity contribution in [2.24, 2.45) is 5.92 Å². The second-order valence-corrected chi connectivity index (χ2v) is 4.27. The van der Waals surface area contributed by atoms with Gasteiger partial charge >= 0.3 is 0 Å². The Hall–Kier alpha value is -1.09. The van der Waals surface area contributed by atoms with Gasteiger partial charge in [-0.2, -0.15) is 0 Å². The van der Waals surface area contributed by atoms with Gasteiger partial charge in [-0.3, -0.25) is 4.98 Å². The van der Waals surface area contributed by atoms with Crippen LogP contribution in [0, 0.1) is 5.92 Å². The molecule has 1 heterocycles. The van der Waals surface area contributed by atoms with Crippen LogP contribution in [0.4, 0.5) is 5.69 Å². The Kier molecular flexibility index (Phi) is 3.21. The molecule has 1 fully saturated rings. The first-order valence-electron chi connectivity index (χ1n) is 5.75. The van der Waals surface area contributed by atoms with E-state index in [2.05, 4.69) is 17.2 Å². The summed E-state index contributed by atoms with van der Waals surface area (Å²) in [5, 5.41) is 3.57. The molecule has 1 unspecified atom stereocenters. The van der Waals surface area contributed by atoms with E-state index in [1.807, 2.05) is 12.3 Å². The molecule has 0 aromatic carbocycles. The van der Waals surface area contributed by atoms with E-state index >= 15 is 0 Å². The van der Waals surface area contributed by atoms with E-state index in [1.165, 1.54) is 18.4 Å². The molecule has 2 rings (SSSR count). The lowest BCUT2D eigenvalue weighted by molar-refractivity contribution is 0.481. The van der Waals surface area contributed by atoms with Crippen molar-refractivity contribution >= 4 is 5.69 Å². The average molecular weight is 205 g/mol. The maximum absolute atomic E-state index is 5.98. The van der Waals surface area contributed by atoms with Gasteiger partial charge in [0.2, 0.25) is 0 Å². The first-order chi connectivity index (χ1) is 7.33. The Balaban J connectivity index is 2.13. The number of hydrogen-bond acceptors (Lipinski definition) is 3. The lowest BCUT2D eigenvalue weighted by atomic mass is 10.0. The van der Waals surface area contributed by atoms with Crippen molar-refractivity contribution in [3.05, 3.63) is 24.0 Å². The molecule has 1 atom stereocenters. The van der Waals surface area contributed by atoms with Crippen molar-refractivity contribution in [1.82, 2.24) is 10.3 Å². The molecule has 15 heavy (non-hydrogen) atoms. The zero-order valence-corrected chi connectivity index (χ0v) is 9.24. The molecule has 0 bridgehead atoms. The minimum atomic E-state index is 0.415. The first-order valence-corrected chi connectivity index (χ1v) is 5.75. The highest BCUT2D eigenvalue weighted by molar-refractivity contribution is 5.46. The van der Waals surface area contributed by atoms with Crippen molar-refractivity contribution < 1.29 is 0 Å². The highest BCUT2D eigenvalue weighted by atomic mass is 14.9. The van der Waals surface area contributed by atoms with Crippen LogP contribution in [-0.2, 0) is 0 Å². The van der Waals surface area contributed by atoms with Crippen LogP contribution < -0.4 is 11.1 Å². The van der Waals surface area contributed by atoms with Crippen LogP contribution >= 0.6 is 0 Å². The van der Waals surface area contributed by atoms with E-state index in [-0.39, 0.29) is 0 Å². The minimum Gasteiger partial charge on any atom is -0.398 e. The quantitative estimate of drug-likeness (QED) is 0.774. The van der Waals surface area contributed by atoms with Gasteiger partial charge in [0, 0.05) is 29.7 Å². The maximum atomic E-state index is 5.98. The summed E-state index contributed by atoms with van der Waals surface area (Å²) in [6, 6.07) is 2.30. The predicted octanol–water partition coefficient (Wildman–Crippen LogP) is 2.11. The summed E-state index contributed by atoms with van der Waals surface area (Å²) in [7, 11) is 0. The lowest BCUT2D eigenvalue weighted by Crippen LogP contribution is -2.24. The summed E-state index contributed by atoms with van der Waals surface area (Å²) in [6.45, 7) is 3.24. The molecule has 1 aliphatic carbocycles. The van der Waals surface area contributed by atoms with Crippen molar-refractivity contribution in [2.75, 3.05) is 12.3 Å². The number of nitrogen functional groups attached to an aromatic ring is 1. The van der Waals surface area contributed by atoms with E-state index in [0.717, 1.165) is 24.6 Å². The van der Waals surface area contributed by atoms with E-state index in [1.54, 1.807) is 6.20 Å². The van der Waals surface area contributed by atoms with Gasteiger partial charge in [0.25, 0.3) is 0 Å². The van der Waals surface area contributed by atoms with Gasteiger partial charge < -0.3 is 11.1 Å². The number of nitrogens with zero attached hydrogens (tertiary/aromatic N) is 1. The Morgan fingerprint density at radius 1 is 1.60 bits per heavy atom. The maximum Gasteiger partial charge on any atom is 0.0393 e. The molecule has 0 spiro atoms. The fraction of sp³-hybridized carbons (Fsp3) is 0.583. The lowest BCUT2D eigenvalue weighted by Gasteiger charge is -2.19. The zero-order chi connectivity index (χ0) is 10.7. The summed E-state index contributed by atoms with van der Waals surface area (Å²) in [6.07, 6.45) is 7.44. The number of aromatic nitrogens is 1. The van der Waals surface area contributed by atoms with Gasteiger partial charge in [0.1, 0.15) is 0 Å². The van der Waals surface area contributed by atoms with Crippen molar-refractivity contribution in [3.63, 3.8) is 0 Å². The van der Waals surface area contributed by atoms with Gasteiger partial charge in [0.15, 0.2) is 0 Å². The van der Waals surface area contributed by atoms with Crippen LogP contribution in [0.2, 0.25) is 0 Å². The van der Waals surface area contributed by atoms with Gasteiger partial charge in [-0.15, -0.1) is 0 Å². The third kappa shape index (κ3) is 2.48. The van der Waals surface area contributed by atoms with Gasteiger partial charge in [-0.25, -0.2) is 0 Å². The highest BCUT2D eigenvalue weighted by Crippen LogP contribution is 2.42. The van der Waals surface area contributed by atoms with Gasteiger partial charge in [-0.05, 0) is 37.8 Å². The van der Waals surface area contributed by atoms with Crippen LogP contribution in [0.25, 0.3) is 0 Å². The molecular formula is C12H19N3. The standard InChI is InChI=1S/C12H19N3/c1-2-6-15-12(9-3-4-9)10-8-14-7-5-11(10)13/h5,7-9,12,15H,2-4,6H2,1H3,(H2,13,14). The summed E-state index contributed by atoms with van der Waals surface area (Å²) in [5.74, 6) is 0.767. The van der Waals surface area contributed by atoms with Crippen LogP contribution in [0.1, 0.15) is 37.8 Å². The smallest absolute Gasteiger partial charge is 0.0393 e. The first kappa shape index (κ1) is 10.4. The highest BCUT2D eigenvalue weighted by Gasteiger charge is 2.32. The molecule has 1 aliphatic rings. The molecular weight excluding hydrogens is 186 g/mol. The van der Waals surface area contributed by atoms with Crippen molar-refractivity contribution in [2.45, 2.75) is 32.2 Å². The van der Waals surface area contributed by atoms with Crippen LogP contribution in [0.5, 0.6) is 0 Å². The van der Waals surface area contributed by atoms with E-state index < -0.39 is 0 Å². The molecule has 1 aromatic heterocycles. The molecule has 0 radical (unpaired) electrons. The van der Waals surface area contributed by atoms with E-state index in [4.69, 9.17) is 5.73 Å². The Bertz CT molecular complexity index is 320. The van der Waals surface area contributed by atoms with Crippen LogP contribution in [0.3, 0.4) is 0 Å². The fourth-order valence-electron chi connectivity index (χ4n) is 1.94. The second-order valence-electron chi connectivity index (χ2n) is 4.27. The number of nitrogens with one attached hydrogen (secondary N) is 1. The molecule has 0 amide bonds. The molecule has 82 valence electrons.